The Bertz CT molecular complexity index is 940. The Morgan fingerprint density at radius 2 is 2.04 bits per heavy atom. The van der Waals surface area contributed by atoms with Crippen LogP contribution in [0.25, 0.3) is 0 Å². The molecule has 2 heterocycles. The number of benzene rings is 1. The molecule has 0 radical (unpaired) electrons. The summed E-state index contributed by atoms with van der Waals surface area (Å²) in [6.07, 6.45) is 1.46. The maximum atomic E-state index is 12.1. The first-order chi connectivity index (χ1) is 13.0. The van der Waals surface area contributed by atoms with Gasteiger partial charge in [-0.05, 0) is 24.3 Å². The third-order valence-corrected chi connectivity index (χ3v) is 5.27. The minimum atomic E-state index is -0.488. The van der Waals surface area contributed by atoms with Crippen LogP contribution in [-0.2, 0) is 22.6 Å². The first kappa shape index (κ1) is 19.3. The number of methoxy groups -OCH3 is 1. The van der Waals surface area contributed by atoms with E-state index in [1.165, 1.54) is 24.6 Å². The quantitative estimate of drug-likeness (QED) is 0.581. The number of anilines is 1. The number of amides is 1. The molecule has 140 valence electrons. The van der Waals surface area contributed by atoms with Gasteiger partial charge in [0.2, 0.25) is 5.91 Å². The second-order valence-corrected chi connectivity index (χ2v) is 7.63. The van der Waals surface area contributed by atoms with Crippen molar-refractivity contribution < 1.29 is 19.1 Å². The predicted molar refractivity (Wildman–Crippen MR) is 104 cm³/mol. The molecule has 0 fully saturated rings. The number of aromatic nitrogens is 2. The molecule has 0 unspecified atom stereocenters. The van der Waals surface area contributed by atoms with Crippen molar-refractivity contribution in [3.63, 3.8) is 0 Å². The van der Waals surface area contributed by atoms with Gasteiger partial charge in [0.1, 0.15) is 22.2 Å². The molecule has 3 aromatic rings. The Kier molecular flexibility index (Phi) is 6.38. The Balaban J connectivity index is 1.50. The highest BCUT2D eigenvalue weighted by atomic mass is 35.5. The molecular formula is C17H14ClN3O4S2. The molecule has 0 atom stereocenters. The van der Waals surface area contributed by atoms with Gasteiger partial charge in [-0.25, -0.2) is 14.8 Å². The van der Waals surface area contributed by atoms with E-state index in [4.69, 9.17) is 16.3 Å². The third-order valence-electron chi connectivity index (χ3n) is 3.26. The zero-order valence-electron chi connectivity index (χ0n) is 14.1. The van der Waals surface area contributed by atoms with Crippen molar-refractivity contribution in [2.75, 3.05) is 12.4 Å². The van der Waals surface area contributed by atoms with Crippen molar-refractivity contribution in [1.29, 1.82) is 0 Å². The van der Waals surface area contributed by atoms with E-state index in [2.05, 4.69) is 20.0 Å². The Morgan fingerprint density at radius 1 is 1.26 bits per heavy atom. The highest BCUT2D eigenvalue weighted by Crippen LogP contribution is 2.20. The Labute approximate surface area is 167 Å². The van der Waals surface area contributed by atoms with E-state index in [-0.39, 0.29) is 12.3 Å². The molecule has 3 rings (SSSR count). The molecule has 7 nitrogen and oxygen atoms in total. The van der Waals surface area contributed by atoms with E-state index in [1.807, 2.05) is 5.38 Å². The van der Waals surface area contributed by atoms with Gasteiger partial charge in [-0.3, -0.25) is 4.79 Å². The first-order valence-electron chi connectivity index (χ1n) is 7.69. The van der Waals surface area contributed by atoms with Gasteiger partial charge in [0.05, 0.1) is 25.4 Å². The summed E-state index contributed by atoms with van der Waals surface area (Å²) in [5.41, 5.74) is 0.636. The lowest BCUT2D eigenvalue weighted by Gasteiger charge is -2.03. The largest absolute Gasteiger partial charge is 0.486 e. The maximum Gasteiger partial charge on any atom is 0.349 e. The zero-order chi connectivity index (χ0) is 19.2. The fraction of sp³-hybridized carbons (Fsp3) is 0.176. The van der Waals surface area contributed by atoms with Gasteiger partial charge in [0.15, 0.2) is 5.13 Å². The molecule has 0 aliphatic heterocycles. The van der Waals surface area contributed by atoms with Crippen LogP contribution >= 0.6 is 34.3 Å². The van der Waals surface area contributed by atoms with E-state index in [9.17, 15) is 9.59 Å². The van der Waals surface area contributed by atoms with Crippen LogP contribution in [0.4, 0.5) is 5.13 Å². The smallest absolute Gasteiger partial charge is 0.349 e. The van der Waals surface area contributed by atoms with E-state index in [1.54, 1.807) is 24.3 Å². The van der Waals surface area contributed by atoms with Crippen LogP contribution in [0.1, 0.15) is 20.4 Å². The van der Waals surface area contributed by atoms with Gasteiger partial charge in [0.25, 0.3) is 0 Å². The summed E-state index contributed by atoms with van der Waals surface area (Å²) < 4.78 is 10.2. The van der Waals surface area contributed by atoms with Crippen LogP contribution in [0.5, 0.6) is 5.75 Å². The summed E-state index contributed by atoms with van der Waals surface area (Å²) in [7, 11) is 1.29. The minimum Gasteiger partial charge on any atom is -0.486 e. The molecular weight excluding hydrogens is 410 g/mol. The predicted octanol–water partition coefficient (Wildman–Crippen LogP) is 3.80. The first-order valence-corrected chi connectivity index (χ1v) is 9.76. The fourth-order valence-electron chi connectivity index (χ4n) is 2.03. The topological polar surface area (TPSA) is 90.4 Å². The molecule has 0 aliphatic carbocycles. The van der Waals surface area contributed by atoms with Gasteiger partial charge in [-0.1, -0.05) is 22.9 Å². The zero-order valence-corrected chi connectivity index (χ0v) is 16.5. The Morgan fingerprint density at radius 3 is 2.78 bits per heavy atom. The molecule has 10 heteroatoms. The highest BCUT2D eigenvalue weighted by molar-refractivity contribution is 7.17. The number of nitrogens with zero attached hydrogens (tertiary/aromatic N) is 2. The summed E-state index contributed by atoms with van der Waals surface area (Å²) in [6.45, 7) is 0.308. The van der Waals surface area contributed by atoms with Crippen molar-refractivity contribution in [3.8, 4) is 5.75 Å². The molecule has 2 aromatic heterocycles. The summed E-state index contributed by atoms with van der Waals surface area (Å²) >= 11 is 8.30. The standard InChI is InChI=1S/C17H14ClN3O4S2/c1-24-16(23)13-7-19-17(27-13)21-14(22)6-11-9-26-15(20-11)8-25-12-4-2-10(18)3-5-12/h2-5,7,9H,6,8H2,1H3,(H,19,21,22). The lowest BCUT2D eigenvalue weighted by Crippen LogP contribution is -2.14. The molecule has 1 N–H and O–H groups in total. The number of ether oxygens (including phenoxy) is 2. The summed E-state index contributed by atoms with van der Waals surface area (Å²) in [4.78, 5) is 32.2. The Hall–Kier alpha value is -2.49. The van der Waals surface area contributed by atoms with Crippen molar-refractivity contribution in [3.05, 3.63) is 56.4 Å². The fourth-order valence-corrected chi connectivity index (χ4v) is 3.61. The molecule has 1 amide bonds. The number of esters is 1. The second kappa shape index (κ2) is 8.94. The van der Waals surface area contributed by atoms with Crippen LogP contribution in [-0.4, -0.2) is 29.0 Å². The van der Waals surface area contributed by atoms with E-state index >= 15 is 0 Å². The van der Waals surface area contributed by atoms with Gasteiger partial charge >= 0.3 is 5.97 Å². The molecule has 0 saturated carbocycles. The van der Waals surface area contributed by atoms with Gasteiger partial charge in [0, 0.05) is 10.4 Å². The lowest BCUT2D eigenvalue weighted by atomic mass is 10.3. The van der Waals surface area contributed by atoms with Crippen molar-refractivity contribution in [1.82, 2.24) is 9.97 Å². The highest BCUT2D eigenvalue weighted by Gasteiger charge is 2.14. The van der Waals surface area contributed by atoms with Gasteiger partial charge in [-0.2, -0.15) is 0 Å². The number of carbonyl (C=O) groups is 2. The summed E-state index contributed by atoms with van der Waals surface area (Å²) in [5, 5.41) is 6.19. The van der Waals surface area contributed by atoms with E-state index in [0.29, 0.717) is 33.1 Å². The number of thiazole rings is 2. The number of rotatable bonds is 7. The van der Waals surface area contributed by atoms with Crippen molar-refractivity contribution >= 4 is 51.3 Å². The second-order valence-electron chi connectivity index (χ2n) is 5.22. The molecule has 0 saturated heterocycles. The monoisotopic (exact) mass is 423 g/mol. The molecule has 0 aliphatic rings. The van der Waals surface area contributed by atoms with E-state index in [0.717, 1.165) is 16.3 Å². The van der Waals surface area contributed by atoms with Crippen LogP contribution in [0, 0.1) is 0 Å². The van der Waals surface area contributed by atoms with Crippen molar-refractivity contribution in [2.24, 2.45) is 0 Å². The van der Waals surface area contributed by atoms with Crippen LogP contribution in [0.15, 0.2) is 35.8 Å². The minimum absolute atomic E-state index is 0.102. The van der Waals surface area contributed by atoms with Gasteiger partial charge in [-0.15, -0.1) is 11.3 Å². The summed E-state index contributed by atoms with van der Waals surface area (Å²) in [5.74, 6) is -0.0619. The normalized spacial score (nSPS) is 10.4. The van der Waals surface area contributed by atoms with Crippen molar-refractivity contribution in [2.45, 2.75) is 13.0 Å². The number of hydrogen-bond acceptors (Lipinski definition) is 8. The number of hydrogen-bond donors (Lipinski definition) is 1. The molecule has 0 spiro atoms. The van der Waals surface area contributed by atoms with Crippen LogP contribution in [0.2, 0.25) is 5.02 Å². The third kappa shape index (κ3) is 5.49. The maximum absolute atomic E-state index is 12.1. The number of nitrogens with one attached hydrogen (secondary N) is 1. The van der Waals surface area contributed by atoms with Crippen LogP contribution in [0.3, 0.4) is 0 Å². The van der Waals surface area contributed by atoms with Crippen LogP contribution < -0.4 is 10.1 Å². The SMILES string of the molecule is COC(=O)c1cnc(NC(=O)Cc2csc(COc3ccc(Cl)cc3)n2)s1. The molecule has 27 heavy (non-hydrogen) atoms. The summed E-state index contributed by atoms with van der Waals surface area (Å²) in [6, 6.07) is 7.05. The van der Waals surface area contributed by atoms with Gasteiger partial charge < -0.3 is 14.8 Å². The van der Waals surface area contributed by atoms with E-state index < -0.39 is 5.97 Å². The molecule has 0 bridgehead atoms. The number of carbonyl (C=O) groups excluding carboxylic acids is 2. The number of halogens is 1. The lowest BCUT2D eigenvalue weighted by molar-refractivity contribution is -0.115. The average molecular weight is 424 g/mol. The average Bonchev–Trinajstić information content (AvgIpc) is 3.30. The molecule has 1 aromatic carbocycles.